The summed E-state index contributed by atoms with van der Waals surface area (Å²) in [7, 11) is 0. The minimum atomic E-state index is 0.274. The van der Waals surface area contributed by atoms with Crippen LogP contribution in [0.15, 0.2) is 6.07 Å². The summed E-state index contributed by atoms with van der Waals surface area (Å²) < 4.78 is 2.52. The maximum absolute atomic E-state index is 6.49. The Hall–Kier alpha value is -0.760. The number of rotatable bonds is 3. The molecule has 3 rings (SSSR count). The lowest BCUT2D eigenvalue weighted by molar-refractivity contribution is 0.442. The lowest BCUT2D eigenvalue weighted by Crippen LogP contribution is -2.19. The van der Waals surface area contributed by atoms with Gasteiger partial charge >= 0.3 is 0 Å². The van der Waals surface area contributed by atoms with Crippen molar-refractivity contribution in [1.29, 1.82) is 0 Å². The van der Waals surface area contributed by atoms with Gasteiger partial charge in [0, 0.05) is 23.5 Å². The van der Waals surface area contributed by atoms with E-state index < -0.39 is 0 Å². The summed E-state index contributed by atoms with van der Waals surface area (Å²) in [6, 6.07) is 3.40. The number of nitrogens with two attached hydrogens (primary N) is 1. The molecule has 1 aromatic rings. The fourth-order valence-corrected chi connectivity index (χ4v) is 3.61. The molecule has 1 atom stereocenters. The van der Waals surface area contributed by atoms with Crippen molar-refractivity contribution in [3.05, 3.63) is 23.0 Å². The second-order valence-corrected chi connectivity index (χ2v) is 6.00. The first-order valence-electron chi connectivity index (χ1n) is 7.12. The zero-order chi connectivity index (χ0) is 12.0. The van der Waals surface area contributed by atoms with Crippen LogP contribution in [0.5, 0.6) is 0 Å². The molecule has 2 N–H and O–H groups in total. The Bertz CT molecular complexity index is 409. The van der Waals surface area contributed by atoms with Crippen molar-refractivity contribution in [3.63, 3.8) is 0 Å². The third kappa shape index (κ3) is 1.93. The van der Waals surface area contributed by atoms with Crippen molar-refractivity contribution in [2.75, 3.05) is 0 Å². The molecular weight excluding hydrogens is 208 g/mol. The van der Waals surface area contributed by atoms with E-state index in [2.05, 4.69) is 24.5 Å². The smallest absolute Gasteiger partial charge is 0.0341 e. The molecule has 2 nitrogen and oxygen atoms in total. The van der Waals surface area contributed by atoms with Gasteiger partial charge in [-0.3, -0.25) is 0 Å². The van der Waals surface area contributed by atoms with Gasteiger partial charge in [-0.2, -0.15) is 0 Å². The Morgan fingerprint density at radius 2 is 1.82 bits per heavy atom. The van der Waals surface area contributed by atoms with Gasteiger partial charge in [-0.15, -0.1) is 0 Å². The molecule has 2 fully saturated rings. The Labute approximate surface area is 104 Å². The highest BCUT2D eigenvalue weighted by molar-refractivity contribution is 5.31. The second-order valence-electron chi connectivity index (χ2n) is 6.00. The number of aromatic nitrogens is 1. The SMILES string of the molecule is Cc1cc(C(N)C2CCCC2)c(C)n1C1CC1. The van der Waals surface area contributed by atoms with Crippen LogP contribution in [0.4, 0.5) is 0 Å². The van der Waals surface area contributed by atoms with Gasteiger partial charge in [-0.05, 0) is 57.1 Å². The van der Waals surface area contributed by atoms with Gasteiger partial charge in [0.15, 0.2) is 0 Å². The standard InChI is InChI=1S/C15H24N2/c1-10-9-14(11(2)17(10)13-7-8-13)15(16)12-5-3-4-6-12/h9,12-13,15H,3-8,16H2,1-2H3. The third-order valence-electron chi connectivity index (χ3n) is 4.70. The summed E-state index contributed by atoms with van der Waals surface area (Å²) in [5, 5.41) is 0. The van der Waals surface area contributed by atoms with Crippen molar-refractivity contribution in [2.45, 2.75) is 64.5 Å². The minimum Gasteiger partial charge on any atom is -0.346 e. The molecule has 1 heterocycles. The minimum absolute atomic E-state index is 0.274. The van der Waals surface area contributed by atoms with Gasteiger partial charge in [0.2, 0.25) is 0 Å². The summed E-state index contributed by atoms with van der Waals surface area (Å²) >= 11 is 0. The summed E-state index contributed by atoms with van der Waals surface area (Å²) in [6.45, 7) is 4.49. The first kappa shape index (κ1) is 11.3. The zero-order valence-corrected chi connectivity index (χ0v) is 11.1. The molecule has 1 aromatic heterocycles. The van der Waals surface area contributed by atoms with E-state index in [9.17, 15) is 0 Å². The molecule has 94 valence electrons. The Morgan fingerprint density at radius 1 is 1.18 bits per heavy atom. The van der Waals surface area contributed by atoms with E-state index in [4.69, 9.17) is 5.73 Å². The van der Waals surface area contributed by atoms with Gasteiger partial charge in [0.05, 0.1) is 0 Å². The molecule has 2 aliphatic carbocycles. The summed E-state index contributed by atoms with van der Waals surface area (Å²) in [5.74, 6) is 0.725. The highest BCUT2D eigenvalue weighted by Crippen LogP contribution is 2.41. The van der Waals surface area contributed by atoms with Crippen LogP contribution in [0.3, 0.4) is 0 Å². The third-order valence-corrected chi connectivity index (χ3v) is 4.70. The van der Waals surface area contributed by atoms with Crippen LogP contribution in [-0.4, -0.2) is 4.57 Å². The Morgan fingerprint density at radius 3 is 2.41 bits per heavy atom. The monoisotopic (exact) mass is 232 g/mol. The Balaban J connectivity index is 1.89. The van der Waals surface area contributed by atoms with Gasteiger partial charge in [-0.25, -0.2) is 0 Å². The van der Waals surface area contributed by atoms with Crippen molar-refractivity contribution in [3.8, 4) is 0 Å². The molecule has 0 saturated heterocycles. The summed E-state index contributed by atoms with van der Waals surface area (Å²) in [4.78, 5) is 0. The topological polar surface area (TPSA) is 30.9 Å². The number of hydrogen-bond donors (Lipinski definition) is 1. The van der Waals surface area contributed by atoms with E-state index in [0.717, 1.165) is 12.0 Å². The molecule has 17 heavy (non-hydrogen) atoms. The lowest BCUT2D eigenvalue weighted by Gasteiger charge is -2.19. The van der Waals surface area contributed by atoms with Crippen LogP contribution in [-0.2, 0) is 0 Å². The largest absolute Gasteiger partial charge is 0.346 e. The molecular formula is C15H24N2. The maximum Gasteiger partial charge on any atom is 0.0341 e. The van der Waals surface area contributed by atoms with Crippen LogP contribution in [0.1, 0.15) is 67.6 Å². The van der Waals surface area contributed by atoms with Crippen LogP contribution in [0.2, 0.25) is 0 Å². The van der Waals surface area contributed by atoms with Gasteiger partial charge in [-0.1, -0.05) is 12.8 Å². The zero-order valence-electron chi connectivity index (χ0n) is 11.1. The predicted molar refractivity (Wildman–Crippen MR) is 71.1 cm³/mol. The second kappa shape index (κ2) is 4.16. The first-order chi connectivity index (χ1) is 8.18. The summed E-state index contributed by atoms with van der Waals surface area (Å²) in [6.07, 6.45) is 8.12. The van der Waals surface area contributed by atoms with Gasteiger partial charge < -0.3 is 10.3 Å². The van der Waals surface area contributed by atoms with Gasteiger partial charge in [0.1, 0.15) is 0 Å². The lowest BCUT2D eigenvalue weighted by atomic mass is 9.92. The molecule has 1 unspecified atom stereocenters. The molecule has 0 spiro atoms. The van der Waals surface area contributed by atoms with E-state index in [1.165, 1.54) is 55.5 Å². The van der Waals surface area contributed by atoms with E-state index in [1.54, 1.807) is 0 Å². The van der Waals surface area contributed by atoms with E-state index in [-0.39, 0.29) is 6.04 Å². The number of hydrogen-bond acceptors (Lipinski definition) is 1. The normalized spacial score (nSPS) is 23.2. The average Bonchev–Trinajstić information content (AvgIpc) is 2.90. The molecule has 0 aromatic carbocycles. The number of nitrogens with zero attached hydrogens (tertiary/aromatic N) is 1. The fourth-order valence-electron chi connectivity index (χ4n) is 3.61. The van der Waals surface area contributed by atoms with E-state index in [1.807, 2.05) is 0 Å². The molecule has 0 radical (unpaired) electrons. The molecule has 2 aliphatic rings. The molecule has 0 bridgehead atoms. The molecule has 2 heteroatoms. The molecule has 2 saturated carbocycles. The van der Waals surface area contributed by atoms with E-state index >= 15 is 0 Å². The van der Waals surface area contributed by atoms with Crippen LogP contribution in [0.25, 0.3) is 0 Å². The highest BCUT2D eigenvalue weighted by atomic mass is 15.1. The van der Waals surface area contributed by atoms with Crippen molar-refractivity contribution >= 4 is 0 Å². The molecule has 0 amide bonds. The first-order valence-corrected chi connectivity index (χ1v) is 7.12. The van der Waals surface area contributed by atoms with Crippen LogP contribution >= 0.6 is 0 Å². The van der Waals surface area contributed by atoms with Crippen molar-refractivity contribution < 1.29 is 0 Å². The molecule has 0 aliphatic heterocycles. The van der Waals surface area contributed by atoms with Crippen LogP contribution in [0, 0.1) is 19.8 Å². The predicted octanol–water partition coefficient (Wildman–Crippen LogP) is 3.63. The Kier molecular flexibility index (Phi) is 2.78. The quantitative estimate of drug-likeness (QED) is 0.847. The maximum atomic E-state index is 6.49. The fraction of sp³-hybridized carbons (Fsp3) is 0.733. The van der Waals surface area contributed by atoms with Crippen molar-refractivity contribution in [1.82, 2.24) is 4.57 Å². The van der Waals surface area contributed by atoms with E-state index in [0.29, 0.717) is 0 Å². The summed E-state index contributed by atoms with van der Waals surface area (Å²) in [5.41, 5.74) is 10.8. The number of aryl methyl sites for hydroxylation is 1. The van der Waals surface area contributed by atoms with Gasteiger partial charge in [0.25, 0.3) is 0 Å². The highest BCUT2D eigenvalue weighted by Gasteiger charge is 2.30. The average molecular weight is 232 g/mol. The van der Waals surface area contributed by atoms with Crippen LogP contribution < -0.4 is 5.73 Å². The van der Waals surface area contributed by atoms with Crippen molar-refractivity contribution in [2.24, 2.45) is 11.7 Å².